The molecule has 1 atom stereocenters. The second kappa shape index (κ2) is 5.59. The average Bonchev–Trinajstić information content (AvgIpc) is 2.74. The van der Waals surface area contributed by atoms with Gasteiger partial charge in [-0.3, -0.25) is 0 Å². The van der Waals surface area contributed by atoms with Crippen LogP contribution in [0.5, 0.6) is 0 Å². The first kappa shape index (κ1) is 14.1. The van der Waals surface area contributed by atoms with Crippen molar-refractivity contribution in [3.63, 3.8) is 0 Å². The molecule has 1 aliphatic rings. The number of rotatable bonds is 1. The number of hydrogen-bond donors (Lipinski definition) is 1. The lowest BCUT2D eigenvalue weighted by atomic mass is 10.0. The maximum atomic E-state index is 13.7. The Bertz CT molecular complexity index is 868. The summed E-state index contributed by atoms with van der Waals surface area (Å²) in [5.41, 5.74) is 2.75. The Balaban J connectivity index is 1.81. The van der Waals surface area contributed by atoms with Gasteiger partial charge < -0.3 is 10.0 Å². The lowest BCUT2D eigenvalue weighted by Crippen LogP contribution is -2.24. The molecule has 0 unspecified atom stereocenters. The smallest absolute Gasteiger partial charge is 0.140 e. The van der Waals surface area contributed by atoms with Gasteiger partial charge in [0, 0.05) is 18.5 Å². The number of nitrogens with zero attached hydrogens (tertiary/aromatic N) is 3. The molecule has 0 fully saturated rings. The van der Waals surface area contributed by atoms with E-state index in [4.69, 9.17) is 0 Å². The molecular formula is C18H16FN3O. The minimum atomic E-state index is -0.485. The van der Waals surface area contributed by atoms with Crippen LogP contribution in [0.25, 0.3) is 10.9 Å². The molecule has 0 amide bonds. The fourth-order valence-electron chi connectivity index (χ4n) is 3.17. The molecule has 0 bridgehead atoms. The quantitative estimate of drug-likeness (QED) is 0.750. The Morgan fingerprint density at radius 1 is 1.13 bits per heavy atom. The lowest BCUT2D eigenvalue weighted by molar-refractivity contribution is 0.171. The van der Waals surface area contributed by atoms with Crippen LogP contribution >= 0.6 is 0 Å². The molecule has 1 N–H and O–H groups in total. The molecule has 5 heteroatoms. The largest absolute Gasteiger partial charge is 0.388 e. The van der Waals surface area contributed by atoms with E-state index in [9.17, 15) is 9.50 Å². The van der Waals surface area contributed by atoms with E-state index in [0.717, 1.165) is 16.6 Å². The van der Waals surface area contributed by atoms with E-state index < -0.39 is 6.10 Å². The van der Waals surface area contributed by atoms with Crippen molar-refractivity contribution in [2.75, 3.05) is 11.4 Å². The maximum Gasteiger partial charge on any atom is 0.140 e. The second-order valence-electron chi connectivity index (χ2n) is 5.78. The van der Waals surface area contributed by atoms with Gasteiger partial charge in [0.25, 0.3) is 0 Å². The number of aromatic nitrogens is 2. The third-order valence-electron chi connectivity index (χ3n) is 4.32. The predicted molar refractivity (Wildman–Crippen MR) is 86.6 cm³/mol. The van der Waals surface area contributed by atoms with Crippen LogP contribution in [0.4, 0.5) is 10.2 Å². The van der Waals surface area contributed by atoms with Crippen LogP contribution in [0, 0.1) is 5.82 Å². The first-order chi connectivity index (χ1) is 11.2. The van der Waals surface area contributed by atoms with Gasteiger partial charge >= 0.3 is 0 Å². The second-order valence-corrected chi connectivity index (χ2v) is 5.78. The normalized spacial score (nSPS) is 17.8. The van der Waals surface area contributed by atoms with Crippen molar-refractivity contribution in [2.45, 2.75) is 19.1 Å². The minimum Gasteiger partial charge on any atom is -0.388 e. The third-order valence-corrected chi connectivity index (χ3v) is 4.32. The van der Waals surface area contributed by atoms with E-state index in [1.807, 2.05) is 24.3 Å². The minimum absolute atomic E-state index is 0.302. The summed E-state index contributed by atoms with van der Waals surface area (Å²) in [7, 11) is 0. The molecule has 0 aliphatic carbocycles. The standard InChI is InChI=1S/C18H16FN3O/c19-13-5-6-16-15(9-13)18(21-11-20-16)22-8-7-17(23)14-4-2-1-3-12(14)10-22/h1-6,9,11,17,23H,7-8,10H2/t17-/m0/s1. The molecule has 4 nitrogen and oxygen atoms in total. The SMILES string of the molecule is O[C@H]1CCN(c2ncnc3ccc(F)cc23)Cc2ccccc21. The van der Waals surface area contributed by atoms with Crippen molar-refractivity contribution < 1.29 is 9.50 Å². The highest BCUT2D eigenvalue weighted by Crippen LogP contribution is 2.31. The molecule has 0 saturated carbocycles. The van der Waals surface area contributed by atoms with Gasteiger partial charge in [-0.1, -0.05) is 24.3 Å². The number of aliphatic hydroxyl groups is 1. The van der Waals surface area contributed by atoms with Gasteiger partial charge in [-0.15, -0.1) is 0 Å². The predicted octanol–water partition coefficient (Wildman–Crippen LogP) is 3.21. The van der Waals surface area contributed by atoms with Gasteiger partial charge in [-0.25, -0.2) is 14.4 Å². The third kappa shape index (κ3) is 2.53. The zero-order valence-corrected chi connectivity index (χ0v) is 12.5. The number of halogens is 1. The van der Waals surface area contributed by atoms with E-state index in [1.54, 1.807) is 6.07 Å². The highest BCUT2D eigenvalue weighted by molar-refractivity contribution is 5.89. The van der Waals surface area contributed by atoms with Crippen molar-refractivity contribution >= 4 is 16.7 Å². The van der Waals surface area contributed by atoms with Crippen LogP contribution in [-0.4, -0.2) is 21.6 Å². The van der Waals surface area contributed by atoms with Crippen molar-refractivity contribution in [1.29, 1.82) is 0 Å². The number of hydrogen-bond acceptors (Lipinski definition) is 4. The number of benzene rings is 2. The highest BCUT2D eigenvalue weighted by Gasteiger charge is 2.22. The van der Waals surface area contributed by atoms with Gasteiger partial charge in [-0.2, -0.15) is 0 Å². The molecule has 2 heterocycles. The van der Waals surface area contributed by atoms with E-state index in [1.165, 1.54) is 18.5 Å². The summed E-state index contributed by atoms with van der Waals surface area (Å²) in [6, 6.07) is 12.4. The molecule has 0 radical (unpaired) electrons. The summed E-state index contributed by atoms with van der Waals surface area (Å²) in [6.45, 7) is 1.29. The first-order valence-corrected chi connectivity index (χ1v) is 7.63. The molecule has 3 aromatic rings. The van der Waals surface area contributed by atoms with Crippen LogP contribution < -0.4 is 4.90 Å². The molecule has 1 aromatic heterocycles. The molecular weight excluding hydrogens is 293 g/mol. The van der Waals surface area contributed by atoms with Crippen molar-refractivity contribution in [1.82, 2.24) is 9.97 Å². The fraction of sp³-hybridized carbons (Fsp3) is 0.222. The molecule has 1 aliphatic heterocycles. The molecule has 0 saturated heterocycles. The van der Waals surface area contributed by atoms with E-state index in [2.05, 4.69) is 14.9 Å². The topological polar surface area (TPSA) is 49.2 Å². The van der Waals surface area contributed by atoms with E-state index in [-0.39, 0.29) is 5.82 Å². The lowest BCUT2D eigenvalue weighted by Gasteiger charge is -2.23. The number of fused-ring (bicyclic) bond motifs is 2. The molecule has 116 valence electrons. The number of aliphatic hydroxyl groups excluding tert-OH is 1. The Labute approximate surface area is 133 Å². The van der Waals surface area contributed by atoms with Crippen LogP contribution in [0.2, 0.25) is 0 Å². The van der Waals surface area contributed by atoms with Gasteiger partial charge in [0.05, 0.1) is 11.6 Å². The maximum absolute atomic E-state index is 13.7. The highest BCUT2D eigenvalue weighted by atomic mass is 19.1. The van der Waals surface area contributed by atoms with Crippen LogP contribution in [0.1, 0.15) is 23.7 Å². The summed E-state index contributed by atoms with van der Waals surface area (Å²) in [5, 5.41) is 11.0. The summed E-state index contributed by atoms with van der Waals surface area (Å²) in [5.74, 6) is 0.405. The van der Waals surface area contributed by atoms with Crippen LogP contribution in [0.15, 0.2) is 48.8 Å². The summed E-state index contributed by atoms with van der Waals surface area (Å²) < 4.78 is 13.7. The summed E-state index contributed by atoms with van der Waals surface area (Å²) >= 11 is 0. The monoisotopic (exact) mass is 309 g/mol. The molecule has 2 aromatic carbocycles. The van der Waals surface area contributed by atoms with Crippen molar-refractivity contribution in [3.8, 4) is 0 Å². The fourth-order valence-corrected chi connectivity index (χ4v) is 3.17. The van der Waals surface area contributed by atoms with E-state index in [0.29, 0.717) is 30.7 Å². The Morgan fingerprint density at radius 2 is 2.00 bits per heavy atom. The summed E-state index contributed by atoms with van der Waals surface area (Å²) in [4.78, 5) is 10.7. The van der Waals surface area contributed by atoms with Gasteiger partial charge in [0.15, 0.2) is 0 Å². The zero-order chi connectivity index (χ0) is 15.8. The Hall–Kier alpha value is -2.53. The number of anilines is 1. The van der Waals surface area contributed by atoms with Gasteiger partial charge in [0.2, 0.25) is 0 Å². The molecule has 4 rings (SSSR count). The molecule has 23 heavy (non-hydrogen) atoms. The van der Waals surface area contributed by atoms with Crippen molar-refractivity contribution in [3.05, 3.63) is 65.7 Å². The molecule has 0 spiro atoms. The van der Waals surface area contributed by atoms with Gasteiger partial charge in [0.1, 0.15) is 18.0 Å². The summed E-state index contributed by atoms with van der Waals surface area (Å²) in [6.07, 6.45) is 1.63. The Kier molecular flexibility index (Phi) is 3.42. The zero-order valence-electron chi connectivity index (χ0n) is 12.5. The van der Waals surface area contributed by atoms with E-state index >= 15 is 0 Å². The average molecular weight is 309 g/mol. The van der Waals surface area contributed by atoms with Crippen LogP contribution in [-0.2, 0) is 6.54 Å². The van der Waals surface area contributed by atoms with Gasteiger partial charge in [-0.05, 0) is 35.7 Å². The van der Waals surface area contributed by atoms with Crippen LogP contribution in [0.3, 0.4) is 0 Å². The van der Waals surface area contributed by atoms with Crippen molar-refractivity contribution in [2.24, 2.45) is 0 Å². The Morgan fingerprint density at radius 3 is 2.91 bits per heavy atom. The first-order valence-electron chi connectivity index (χ1n) is 7.63.